The van der Waals surface area contributed by atoms with Gasteiger partial charge in [-0.2, -0.15) is 0 Å². The number of alkyl carbamates (subject to hydrolysis) is 1. The minimum Gasteiger partial charge on any atom is -0.444 e. The van der Waals surface area contributed by atoms with Gasteiger partial charge in [-0.1, -0.05) is 73.5 Å². The summed E-state index contributed by atoms with van der Waals surface area (Å²) in [4.78, 5) is 127. The zero-order valence-corrected chi connectivity index (χ0v) is 49.6. The molecule has 4 aromatic carbocycles. The molecule has 0 aliphatic carbocycles. The number of ether oxygens (including phenoxy) is 5. The number of rotatable bonds is 17. The number of ketones is 3. The molecule has 436 valence electrons. The lowest BCUT2D eigenvalue weighted by molar-refractivity contribution is -0.142. The van der Waals surface area contributed by atoms with Crippen LogP contribution in [-0.4, -0.2) is 119 Å². The molecule has 0 spiro atoms. The van der Waals surface area contributed by atoms with E-state index >= 15 is 9.59 Å². The van der Waals surface area contributed by atoms with E-state index in [2.05, 4.69) is 10.6 Å². The van der Waals surface area contributed by atoms with Crippen molar-refractivity contribution in [2.75, 3.05) is 33.1 Å². The molecule has 0 aromatic heterocycles. The lowest BCUT2D eigenvalue weighted by Crippen LogP contribution is -2.49. The summed E-state index contributed by atoms with van der Waals surface area (Å²) >= 11 is 11.9. The van der Waals surface area contributed by atoms with Gasteiger partial charge in [0, 0.05) is 67.0 Å². The molecule has 20 heteroatoms. The number of halogens is 2. The highest BCUT2D eigenvalue weighted by Gasteiger charge is 2.37. The number of amides is 4. The smallest absolute Gasteiger partial charge is 0.444 e. The Labute approximate surface area is 483 Å². The first kappa shape index (κ1) is 64.5. The second-order valence-corrected chi connectivity index (χ2v) is 23.8. The van der Waals surface area contributed by atoms with E-state index in [1.807, 2.05) is 12.1 Å². The minimum absolute atomic E-state index is 0.0631. The fourth-order valence-electron chi connectivity index (χ4n) is 8.78. The molecule has 18 nitrogen and oxygen atoms in total. The Hall–Kier alpha value is -7.31. The fraction of sp³-hybridized carbons (Fsp3) is 0.459. The Morgan fingerprint density at radius 3 is 1.80 bits per heavy atom. The molecule has 0 radical (unpaired) electrons. The maximum absolute atomic E-state index is 15.3. The van der Waals surface area contributed by atoms with Gasteiger partial charge in [0.25, 0.3) is 0 Å². The molecule has 0 saturated carbocycles. The summed E-state index contributed by atoms with van der Waals surface area (Å²) in [6, 6.07) is 20.3. The Morgan fingerprint density at radius 2 is 1.25 bits per heavy atom. The van der Waals surface area contributed by atoms with Crippen molar-refractivity contribution in [3.8, 4) is 33.8 Å². The lowest BCUT2D eigenvalue weighted by Gasteiger charge is -2.32. The zero-order valence-electron chi connectivity index (χ0n) is 48.1. The average Bonchev–Trinajstić information content (AvgIpc) is 3.47. The van der Waals surface area contributed by atoms with Gasteiger partial charge >= 0.3 is 18.4 Å². The number of unbranched alkanes of at least 4 members (excludes halogenated alkanes) is 1. The SMILES string of the molecule is C[C@@H]1CC(=O)[C@@H](N(C)C(=O)[C@H](CCCCNC(=O)OC(C)(C)C)CC(=O)c2ccc(-c3ccc(Cl)cc3)cc2)c2ccc(OC(=O)OC(C)(C)C)c(c2)-c2cc(ccc2OC(=O)OC(C)(C)C)C[C@@H](C(=O)CN(C)C(=O)CCl)NC1=O. The van der Waals surface area contributed by atoms with Crippen molar-refractivity contribution in [1.82, 2.24) is 20.4 Å². The summed E-state index contributed by atoms with van der Waals surface area (Å²) < 4.78 is 28.2. The second-order valence-electron chi connectivity index (χ2n) is 23.1. The summed E-state index contributed by atoms with van der Waals surface area (Å²) in [5.41, 5.74) is 0.0184. The van der Waals surface area contributed by atoms with Crippen molar-refractivity contribution in [2.24, 2.45) is 11.8 Å². The van der Waals surface area contributed by atoms with Crippen molar-refractivity contribution >= 4 is 76.7 Å². The van der Waals surface area contributed by atoms with Crippen LogP contribution < -0.4 is 20.1 Å². The van der Waals surface area contributed by atoms with Crippen LogP contribution in [0, 0.1) is 11.8 Å². The van der Waals surface area contributed by atoms with E-state index in [4.69, 9.17) is 46.9 Å². The number of nitrogens with zero attached hydrogens (tertiary/aromatic N) is 2. The quantitative estimate of drug-likeness (QED) is 0.0250. The van der Waals surface area contributed by atoms with Crippen LogP contribution in [0.5, 0.6) is 11.5 Å². The average molecular weight is 1160 g/mol. The second kappa shape index (κ2) is 27.9. The Balaban J connectivity index is 1.67. The van der Waals surface area contributed by atoms with Gasteiger partial charge in [-0.05, 0) is 140 Å². The standard InChI is InChI=1S/C61H74Cl2N4O14/c1-36-29-48(69)53(67(12)55(73)42(15-13-14-28-64-56(74)79-59(2,3)4)33-47(68)40-19-17-38(18-20-40)39-21-24-43(63)25-22-39)41-23-27-51(78-58(76)81-61(8,9)10)45(32-41)44-30-37(16-26-50(44)77-57(75)80-60(5,6)7)31-46(65-54(36)72)49(70)35-66(11)52(71)34-62/h16-27,30,32,36,42,46,53H,13-15,28-29,31,33-35H2,1-12H3,(H,64,74)(H,65,72)/t36-,42-,46+,53+/m1/s1. The van der Waals surface area contributed by atoms with Gasteiger partial charge in [0.05, 0.1) is 12.6 Å². The topological polar surface area (TPSA) is 230 Å². The van der Waals surface area contributed by atoms with E-state index in [1.54, 1.807) is 111 Å². The molecular formula is C61H74Cl2N4O14. The Bertz CT molecular complexity index is 2960. The first-order valence-electron chi connectivity index (χ1n) is 26.7. The minimum atomic E-state index is -1.49. The first-order chi connectivity index (χ1) is 37.8. The third-order valence-corrected chi connectivity index (χ3v) is 13.2. The molecule has 0 unspecified atom stereocenters. The Morgan fingerprint density at radius 1 is 0.704 bits per heavy atom. The number of carbonyl (C=O) groups excluding carboxylic acids is 9. The number of alkyl halides is 1. The van der Waals surface area contributed by atoms with Crippen LogP contribution in [0.2, 0.25) is 5.02 Å². The molecule has 0 fully saturated rings. The maximum atomic E-state index is 15.3. The van der Waals surface area contributed by atoms with Crippen LogP contribution in [-0.2, 0) is 44.6 Å². The van der Waals surface area contributed by atoms with Crippen LogP contribution in [0.1, 0.15) is 129 Å². The Kier molecular flexibility index (Phi) is 22.2. The van der Waals surface area contributed by atoms with Gasteiger partial charge in [0.15, 0.2) is 17.3 Å². The van der Waals surface area contributed by atoms with E-state index in [0.717, 1.165) is 16.0 Å². The van der Waals surface area contributed by atoms with Crippen molar-refractivity contribution in [1.29, 1.82) is 0 Å². The normalized spacial score (nSPS) is 16.1. The zero-order chi connectivity index (χ0) is 60.1. The summed E-state index contributed by atoms with van der Waals surface area (Å²) in [6.07, 6.45) is -2.86. The molecule has 4 atom stereocenters. The van der Waals surface area contributed by atoms with Gasteiger partial charge in [-0.3, -0.25) is 28.8 Å². The number of carbonyl (C=O) groups is 9. The van der Waals surface area contributed by atoms with Crippen LogP contribution in [0.15, 0.2) is 84.9 Å². The number of likely N-dealkylation sites (N-methyl/N-ethyl adjacent to an activating group) is 2. The van der Waals surface area contributed by atoms with Crippen molar-refractivity contribution in [2.45, 2.75) is 137 Å². The predicted molar refractivity (Wildman–Crippen MR) is 306 cm³/mol. The molecular weight excluding hydrogens is 1080 g/mol. The predicted octanol–water partition coefficient (Wildman–Crippen LogP) is 11.3. The van der Waals surface area contributed by atoms with Crippen molar-refractivity contribution < 1.29 is 66.8 Å². The van der Waals surface area contributed by atoms with Crippen LogP contribution in [0.3, 0.4) is 0 Å². The maximum Gasteiger partial charge on any atom is 0.514 e. The van der Waals surface area contributed by atoms with Crippen LogP contribution in [0.25, 0.3) is 22.3 Å². The van der Waals surface area contributed by atoms with Crippen LogP contribution in [0.4, 0.5) is 14.4 Å². The first-order valence-corrected chi connectivity index (χ1v) is 27.6. The molecule has 1 heterocycles. The molecule has 4 amide bonds. The molecule has 2 N–H and O–H groups in total. The lowest BCUT2D eigenvalue weighted by atomic mass is 9.87. The molecule has 1 aliphatic rings. The summed E-state index contributed by atoms with van der Waals surface area (Å²) in [5, 5.41) is 6.07. The van der Waals surface area contributed by atoms with Crippen molar-refractivity contribution in [3.05, 3.63) is 107 Å². The third kappa shape index (κ3) is 19.7. The third-order valence-electron chi connectivity index (χ3n) is 12.7. The summed E-state index contributed by atoms with van der Waals surface area (Å²) in [7, 11) is 2.80. The highest BCUT2D eigenvalue weighted by Crippen LogP contribution is 2.42. The number of hydrogen-bond donors (Lipinski definition) is 2. The molecule has 5 rings (SSSR count). The highest BCUT2D eigenvalue weighted by atomic mass is 35.5. The van der Waals surface area contributed by atoms with E-state index in [-0.39, 0.29) is 59.8 Å². The van der Waals surface area contributed by atoms with Gasteiger partial charge in [0.1, 0.15) is 40.2 Å². The number of nitrogens with one attached hydrogen (secondary N) is 2. The molecule has 4 aromatic rings. The van der Waals surface area contributed by atoms with Gasteiger partial charge in [-0.25, -0.2) is 14.4 Å². The molecule has 4 bridgehead atoms. The van der Waals surface area contributed by atoms with E-state index in [1.165, 1.54) is 50.2 Å². The van der Waals surface area contributed by atoms with Gasteiger partial charge < -0.3 is 44.1 Å². The van der Waals surface area contributed by atoms with Gasteiger partial charge in [-0.15, -0.1) is 11.6 Å². The fourth-order valence-corrected chi connectivity index (χ4v) is 9.11. The van der Waals surface area contributed by atoms with E-state index in [9.17, 15) is 33.6 Å². The molecule has 81 heavy (non-hydrogen) atoms. The monoisotopic (exact) mass is 1160 g/mol. The van der Waals surface area contributed by atoms with E-state index < -0.39 is 107 Å². The summed E-state index contributed by atoms with van der Waals surface area (Å²) in [6.45, 7) is 16.3. The number of Topliss-reactive ketones (excluding diaryl/α,β-unsaturated/α-hetero) is 3. The van der Waals surface area contributed by atoms with E-state index in [0.29, 0.717) is 29.0 Å². The number of hydrogen-bond acceptors (Lipinski definition) is 14. The number of fused-ring (bicyclic) bond motifs is 5. The molecule has 1 aliphatic heterocycles. The molecule has 0 saturated heterocycles. The van der Waals surface area contributed by atoms with Crippen molar-refractivity contribution in [3.63, 3.8) is 0 Å². The number of benzene rings is 4. The highest BCUT2D eigenvalue weighted by molar-refractivity contribution is 6.30. The summed E-state index contributed by atoms with van der Waals surface area (Å²) in [5.74, 6) is -6.18. The van der Waals surface area contributed by atoms with Crippen LogP contribution >= 0.6 is 23.2 Å². The largest absolute Gasteiger partial charge is 0.514 e. The van der Waals surface area contributed by atoms with Gasteiger partial charge in [0.2, 0.25) is 17.7 Å².